The fourth-order valence-corrected chi connectivity index (χ4v) is 2.75. The Hall–Kier alpha value is -2.16. The van der Waals surface area contributed by atoms with Crippen molar-refractivity contribution in [3.05, 3.63) is 53.5 Å². The van der Waals surface area contributed by atoms with Gasteiger partial charge >= 0.3 is 0 Å². The van der Waals surface area contributed by atoms with Crippen LogP contribution in [0.4, 0.5) is 0 Å². The number of nitrogens with one attached hydrogen (secondary N) is 2. The van der Waals surface area contributed by atoms with E-state index in [4.69, 9.17) is 4.42 Å². The molecule has 7 nitrogen and oxygen atoms in total. The molecule has 2 rings (SSSR count). The first-order valence-corrected chi connectivity index (χ1v) is 8.37. The van der Waals surface area contributed by atoms with Gasteiger partial charge in [0, 0.05) is 5.56 Å². The van der Waals surface area contributed by atoms with Crippen molar-refractivity contribution < 1.29 is 22.7 Å². The molecule has 1 aromatic carbocycles. The normalized spacial score (nSPS) is 12.8. The van der Waals surface area contributed by atoms with Crippen molar-refractivity contribution in [3.63, 3.8) is 0 Å². The summed E-state index contributed by atoms with van der Waals surface area (Å²) in [6.07, 6.45) is 0.454. The van der Waals surface area contributed by atoms with E-state index in [0.717, 1.165) is 0 Å². The molecule has 1 unspecified atom stereocenters. The maximum Gasteiger partial charge on any atom is 0.251 e. The van der Waals surface area contributed by atoms with Crippen molar-refractivity contribution in [3.8, 4) is 0 Å². The first kappa shape index (κ1) is 17.2. The summed E-state index contributed by atoms with van der Waals surface area (Å²) < 4.78 is 30.9. The first-order valence-electron chi connectivity index (χ1n) is 6.89. The molecule has 0 aliphatic heterocycles. The monoisotopic (exact) mass is 338 g/mol. The summed E-state index contributed by atoms with van der Waals surface area (Å²) >= 11 is 0. The molecule has 1 aromatic heterocycles. The Labute approximate surface area is 134 Å². The van der Waals surface area contributed by atoms with Gasteiger partial charge in [0.2, 0.25) is 10.0 Å². The van der Waals surface area contributed by atoms with Crippen molar-refractivity contribution in [2.75, 3.05) is 13.6 Å². The number of benzene rings is 1. The van der Waals surface area contributed by atoms with Gasteiger partial charge in [0.1, 0.15) is 11.9 Å². The molecule has 0 spiro atoms. The zero-order valence-corrected chi connectivity index (χ0v) is 13.6. The third-order valence-corrected chi connectivity index (χ3v) is 4.77. The lowest BCUT2D eigenvalue weighted by Gasteiger charge is -2.12. The molecular weight excluding hydrogens is 320 g/mol. The minimum atomic E-state index is -3.63. The van der Waals surface area contributed by atoms with Crippen LogP contribution in [0.5, 0.6) is 0 Å². The molecule has 1 atom stereocenters. The summed E-state index contributed by atoms with van der Waals surface area (Å²) in [7, 11) is -2.33. The molecular formula is C15H18N2O5S. The average Bonchev–Trinajstić information content (AvgIpc) is 3.07. The van der Waals surface area contributed by atoms with E-state index < -0.39 is 22.0 Å². The van der Waals surface area contributed by atoms with Gasteiger partial charge < -0.3 is 14.8 Å². The fraction of sp³-hybridized carbons (Fsp3) is 0.267. The van der Waals surface area contributed by atoms with Crippen molar-refractivity contribution in [1.82, 2.24) is 10.0 Å². The van der Waals surface area contributed by atoms with Crippen LogP contribution in [0.15, 0.2) is 45.9 Å². The Balaban J connectivity index is 2.14. The van der Waals surface area contributed by atoms with Crippen LogP contribution < -0.4 is 10.0 Å². The number of aryl methyl sites for hydroxylation is 1. The number of hydrogen-bond donors (Lipinski definition) is 3. The Bertz CT molecular complexity index is 784. The Kier molecular flexibility index (Phi) is 5.19. The summed E-state index contributed by atoms with van der Waals surface area (Å²) in [6.45, 7) is 1.66. The number of aliphatic hydroxyl groups is 1. The van der Waals surface area contributed by atoms with Gasteiger partial charge in [-0.1, -0.05) is 6.07 Å². The highest BCUT2D eigenvalue weighted by Crippen LogP contribution is 2.16. The number of hydrogen-bond acceptors (Lipinski definition) is 5. The minimum Gasteiger partial charge on any atom is -0.467 e. The topological polar surface area (TPSA) is 109 Å². The number of rotatable bonds is 6. The molecule has 0 saturated carbocycles. The van der Waals surface area contributed by atoms with E-state index in [1.165, 1.54) is 25.4 Å². The molecule has 0 radical (unpaired) electrons. The number of furan rings is 1. The van der Waals surface area contributed by atoms with Gasteiger partial charge in [-0.2, -0.15) is 0 Å². The highest BCUT2D eigenvalue weighted by atomic mass is 32.2. The van der Waals surface area contributed by atoms with Gasteiger partial charge in [-0.05, 0) is 43.8 Å². The van der Waals surface area contributed by atoms with E-state index in [-0.39, 0.29) is 17.0 Å². The molecule has 23 heavy (non-hydrogen) atoms. The fourth-order valence-electron chi connectivity index (χ4n) is 2.00. The Morgan fingerprint density at radius 3 is 2.70 bits per heavy atom. The lowest BCUT2D eigenvalue weighted by Crippen LogP contribution is -2.29. The van der Waals surface area contributed by atoms with Crippen LogP contribution in [0, 0.1) is 6.92 Å². The van der Waals surface area contributed by atoms with Gasteiger partial charge in [0.25, 0.3) is 5.91 Å². The van der Waals surface area contributed by atoms with Gasteiger partial charge in [-0.3, -0.25) is 4.79 Å². The van der Waals surface area contributed by atoms with Crippen molar-refractivity contribution in [1.29, 1.82) is 0 Å². The molecule has 0 fully saturated rings. The van der Waals surface area contributed by atoms with E-state index in [2.05, 4.69) is 10.0 Å². The molecule has 0 saturated heterocycles. The third-order valence-electron chi connectivity index (χ3n) is 3.36. The molecule has 0 aliphatic carbocycles. The highest BCUT2D eigenvalue weighted by molar-refractivity contribution is 7.89. The van der Waals surface area contributed by atoms with Crippen LogP contribution in [-0.4, -0.2) is 33.0 Å². The summed E-state index contributed by atoms with van der Waals surface area (Å²) in [5.74, 6) is -0.130. The molecule has 1 amide bonds. The van der Waals surface area contributed by atoms with E-state index in [1.54, 1.807) is 25.1 Å². The quantitative estimate of drug-likeness (QED) is 0.727. The lowest BCUT2D eigenvalue weighted by molar-refractivity contribution is 0.0900. The van der Waals surface area contributed by atoms with Crippen LogP contribution in [0.1, 0.15) is 27.8 Å². The van der Waals surface area contributed by atoms with Gasteiger partial charge in [-0.15, -0.1) is 0 Å². The standard InChI is InChI=1S/C15H18N2O5S/c1-10-5-6-11(23(20,21)16-2)8-12(10)15(19)17-9-13(18)14-4-3-7-22-14/h3-8,13,16,18H,9H2,1-2H3,(H,17,19). The smallest absolute Gasteiger partial charge is 0.251 e. The van der Waals surface area contributed by atoms with E-state index in [0.29, 0.717) is 11.3 Å². The molecule has 1 heterocycles. The third kappa shape index (κ3) is 3.98. The van der Waals surface area contributed by atoms with E-state index in [9.17, 15) is 18.3 Å². The number of sulfonamides is 1. The number of aliphatic hydroxyl groups excluding tert-OH is 1. The predicted octanol–water partition coefficient (Wildman–Crippen LogP) is 0.960. The van der Waals surface area contributed by atoms with Crippen LogP contribution >= 0.6 is 0 Å². The second kappa shape index (κ2) is 6.95. The maximum absolute atomic E-state index is 12.2. The Morgan fingerprint density at radius 2 is 2.09 bits per heavy atom. The minimum absolute atomic E-state index is 0.00216. The van der Waals surface area contributed by atoms with Crippen LogP contribution in [0.2, 0.25) is 0 Å². The zero-order chi connectivity index (χ0) is 17.0. The molecule has 2 aromatic rings. The van der Waals surface area contributed by atoms with Gasteiger partial charge in [0.15, 0.2) is 0 Å². The number of amides is 1. The van der Waals surface area contributed by atoms with Crippen molar-refractivity contribution in [2.45, 2.75) is 17.9 Å². The predicted molar refractivity (Wildman–Crippen MR) is 83.4 cm³/mol. The molecule has 0 aliphatic rings. The maximum atomic E-state index is 12.2. The summed E-state index contributed by atoms with van der Waals surface area (Å²) in [4.78, 5) is 12.2. The van der Waals surface area contributed by atoms with Crippen LogP contribution in [-0.2, 0) is 10.0 Å². The second-order valence-corrected chi connectivity index (χ2v) is 6.81. The Morgan fingerprint density at radius 1 is 1.35 bits per heavy atom. The van der Waals surface area contributed by atoms with Crippen LogP contribution in [0.25, 0.3) is 0 Å². The second-order valence-electron chi connectivity index (χ2n) is 4.93. The molecule has 124 valence electrons. The average molecular weight is 338 g/mol. The van der Waals surface area contributed by atoms with Crippen molar-refractivity contribution >= 4 is 15.9 Å². The van der Waals surface area contributed by atoms with Crippen molar-refractivity contribution in [2.24, 2.45) is 0 Å². The molecule has 0 bridgehead atoms. The summed E-state index contributed by atoms with van der Waals surface area (Å²) in [6, 6.07) is 7.52. The van der Waals surface area contributed by atoms with Gasteiger partial charge in [0.05, 0.1) is 17.7 Å². The largest absolute Gasteiger partial charge is 0.467 e. The van der Waals surface area contributed by atoms with E-state index >= 15 is 0 Å². The zero-order valence-electron chi connectivity index (χ0n) is 12.7. The first-order chi connectivity index (χ1) is 10.8. The highest BCUT2D eigenvalue weighted by Gasteiger charge is 2.18. The molecule has 8 heteroatoms. The SMILES string of the molecule is CNS(=O)(=O)c1ccc(C)c(C(=O)NCC(O)c2ccco2)c1. The number of carbonyl (C=O) groups is 1. The number of carbonyl (C=O) groups excluding carboxylic acids is 1. The summed E-state index contributed by atoms with van der Waals surface area (Å²) in [5, 5.41) is 12.4. The van der Waals surface area contributed by atoms with Gasteiger partial charge in [-0.25, -0.2) is 13.1 Å². The molecule has 3 N–H and O–H groups in total. The lowest BCUT2D eigenvalue weighted by atomic mass is 10.1. The van der Waals surface area contributed by atoms with Crippen LogP contribution in [0.3, 0.4) is 0 Å². The van der Waals surface area contributed by atoms with E-state index in [1.807, 2.05) is 0 Å². The summed E-state index contributed by atoms with van der Waals surface area (Å²) in [5.41, 5.74) is 0.859.